The predicted octanol–water partition coefficient (Wildman–Crippen LogP) is 4.26. The molecule has 118 valence electrons. The number of hydrogen-bond acceptors (Lipinski definition) is 2. The zero-order valence-corrected chi connectivity index (χ0v) is 12.5. The number of hydrogen-bond donors (Lipinski definition) is 1. The Kier molecular flexibility index (Phi) is 4.50. The lowest BCUT2D eigenvalue weighted by Crippen LogP contribution is -2.46. The molecule has 0 aromatic heterocycles. The van der Waals surface area contributed by atoms with Gasteiger partial charge in [0.1, 0.15) is 0 Å². The third-order valence-electron chi connectivity index (χ3n) is 2.99. The van der Waals surface area contributed by atoms with Crippen molar-refractivity contribution in [3.05, 3.63) is 33.8 Å². The molecule has 1 aromatic carbocycles. The van der Waals surface area contributed by atoms with Gasteiger partial charge in [-0.05, 0) is 37.0 Å². The highest BCUT2D eigenvalue weighted by Gasteiger charge is 2.60. The fraction of sp³-hybridized carbons (Fsp3) is 0.357. The number of ether oxygens (including phenoxy) is 1. The Morgan fingerprint density at radius 1 is 1.32 bits per heavy atom. The first-order chi connectivity index (χ1) is 10.2. The Bertz CT molecular complexity index is 662. The summed E-state index contributed by atoms with van der Waals surface area (Å²) >= 11 is 11.6. The van der Waals surface area contributed by atoms with Gasteiger partial charge in [-0.2, -0.15) is 13.2 Å². The number of rotatable bonds is 2. The number of amides is 1. The minimum absolute atomic E-state index is 0.00526. The number of primary amides is 1. The first-order valence-corrected chi connectivity index (χ1v) is 6.95. The van der Waals surface area contributed by atoms with E-state index in [-0.39, 0.29) is 16.0 Å². The molecule has 22 heavy (non-hydrogen) atoms. The summed E-state index contributed by atoms with van der Waals surface area (Å²) in [4.78, 5) is 11.0. The van der Waals surface area contributed by atoms with Crippen LogP contribution in [0.5, 0.6) is 0 Å². The van der Waals surface area contributed by atoms with Crippen molar-refractivity contribution in [2.24, 2.45) is 11.7 Å². The van der Waals surface area contributed by atoms with Crippen LogP contribution in [0.4, 0.5) is 18.0 Å². The lowest BCUT2D eigenvalue weighted by molar-refractivity contribution is -0.238. The van der Waals surface area contributed by atoms with Crippen LogP contribution >= 0.6 is 23.2 Å². The number of alkyl halides is 3. The SMILES string of the molecule is NC(=O)O[C@@](C#CC1CC1)(c1cc(Cl)ccc1Cl)C(F)(F)F. The Morgan fingerprint density at radius 3 is 2.45 bits per heavy atom. The molecule has 1 aromatic rings. The Balaban J connectivity index is 2.68. The van der Waals surface area contributed by atoms with Crippen molar-refractivity contribution < 1.29 is 22.7 Å². The van der Waals surface area contributed by atoms with Gasteiger partial charge in [-0.3, -0.25) is 0 Å². The summed E-state index contributed by atoms with van der Waals surface area (Å²) in [5.74, 6) is 4.30. The molecule has 0 unspecified atom stereocenters. The molecular weight excluding hydrogens is 342 g/mol. The van der Waals surface area contributed by atoms with E-state index in [9.17, 15) is 18.0 Å². The zero-order valence-electron chi connectivity index (χ0n) is 11.0. The second-order valence-corrected chi connectivity index (χ2v) is 5.61. The maximum absolute atomic E-state index is 13.7. The lowest BCUT2D eigenvalue weighted by Gasteiger charge is -2.31. The molecule has 1 aliphatic carbocycles. The normalized spacial score (nSPS) is 17.1. The Labute approximate surface area is 134 Å². The van der Waals surface area contributed by atoms with Crippen LogP contribution in [0.3, 0.4) is 0 Å². The highest BCUT2D eigenvalue weighted by atomic mass is 35.5. The summed E-state index contributed by atoms with van der Waals surface area (Å²) in [7, 11) is 0. The van der Waals surface area contributed by atoms with Crippen molar-refractivity contribution in [3.63, 3.8) is 0 Å². The van der Waals surface area contributed by atoms with E-state index in [0.717, 1.165) is 6.07 Å². The highest BCUT2D eigenvalue weighted by Crippen LogP contribution is 2.45. The Morgan fingerprint density at radius 2 is 1.95 bits per heavy atom. The van der Waals surface area contributed by atoms with Gasteiger partial charge in [0.15, 0.2) is 0 Å². The largest absolute Gasteiger partial charge is 0.445 e. The van der Waals surface area contributed by atoms with Crippen LogP contribution in [0, 0.1) is 17.8 Å². The van der Waals surface area contributed by atoms with Gasteiger partial charge < -0.3 is 10.5 Å². The van der Waals surface area contributed by atoms with Crippen LogP contribution in [0.15, 0.2) is 18.2 Å². The lowest BCUT2D eigenvalue weighted by atomic mass is 9.92. The van der Waals surface area contributed by atoms with Gasteiger partial charge in [-0.15, -0.1) is 0 Å². The van der Waals surface area contributed by atoms with Gasteiger partial charge >= 0.3 is 12.3 Å². The maximum atomic E-state index is 13.7. The smallest absolute Gasteiger partial charge is 0.415 e. The van der Waals surface area contributed by atoms with Crippen LogP contribution < -0.4 is 5.73 Å². The monoisotopic (exact) mass is 351 g/mol. The van der Waals surface area contributed by atoms with E-state index in [1.54, 1.807) is 0 Å². The van der Waals surface area contributed by atoms with E-state index in [1.807, 2.05) is 5.92 Å². The first-order valence-electron chi connectivity index (χ1n) is 6.19. The molecule has 0 spiro atoms. The summed E-state index contributed by atoms with van der Waals surface area (Å²) in [6.07, 6.45) is -5.27. The number of benzene rings is 1. The number of carbonyl (C=O) groups is 1. The second-order valence-electron chi connectivity index (χ2n) is 4.77. The van der Waals surface area contributed by atoms with Crippen molar-refractivity contribution in [1.82, 2.24) is 0 Å². The van der Waals surface area contributed by atoms with Crippen molar-refractivity contribution in [3.8, 4) is 11.8 Å². The van der Waals surface area contributed by atoms with Gasteiger partial charge in [-0.25, -0.2) is 4.79 Å². The van der Waals surface area contributed by atoms with Gasteiger partial charge in [-0.1, -0.05) is 29.1 Å². The molecule has 2 rings (SSSR count). The van der Waals surface area contributed by atoms with Gasteiger partial charge in [0, 0.05) is 21.5 Å². The van der Waals surface area contributed by atoms with Crippen molar-refractivity contribution in [2.75, 3.05) is 0 Å². The molecule has 0 bridgehead atoms. The van der Waals surface area contributed by atoms with Crippen LogP contribution in [-0.2, 0) is 10.3 Å². The van der Waals surface area contributed by atoms with Crippen molar-refractivity contribution in [2.45, 2.75) is 24.6 Å². The summed E-state index contributed by atoms with van der Waals surface area (Å²) in [6.45, 7) is 0. The van der Waals surface area contributed by atoms with Crippen molar-refractivity contribution in [1.29, 1.82) is 0 Å². The molecule has 0 aliphatic heterocycles. The fourth-order valence-electron chi connectivity index (χ4n) is 1.78. The molecule has 3 nitrogen and oxygen atoms in total. The molecule has 0 heterocycles. The highest BCUT2D eigenvalue weighted by molar-refractivity contribution is 6.33. The zero-order chi connectivity index (χ0) is 16.5. The van der Waals surface area contributed by atoms with E-state index in [1.165, 1.54) is 12.1 Å². The molecule has 0 radical (unpaired) electrons. The van der Waals surface area contributed by atoms with E-state index in [0.29, 0.717) is 12.8 Å². The van der Waals surface area contributed by atoms with Gasteiger partial charge in [0.25, 0.3) is 5.60 Å². The number of halogens is 5. The minimum Gasteiger partial charge on any atom is -0.415 e. The topological polar surface area (TPSA) is 52.3 Å². The quantitative estimate of drug-likeness (QED) is 0.809. The minimum atomic E-state index is -5.04. The molecule has 8 heteroatoms. The number of nitrogens with two attached hydrogens (primary N) is 1. The summed E-state index contributed by atoms with van der Waals surface area (Å²) < 4.78 is 45.4. The fourth-order valence-corrected chi connectivity index (χ4v) is 2.20. The molecule has 1 amide bonds. The standard InChI is InChI=1S/C14H10Cl2F3NO2/c15-9-3-4-11(16)10(7-9)13(14(17,18)19,22-12(20)21)6-5-8-1-2-8/h3-4,7-8H,1-2H2,(H2,20,21)/t13-/m0/s1. The molecular formula is C14H10Cl2F3NO2. The van der Waals surface area contributed by atoms with E-state index in [2.05, 4.69) is 10.7 Å². The molecule has 0 saturated heterocycles. The molecule has 2 N–H and O–H groups in total. The van der Waals surface area contributed by atoms with E-state index in [4.69, 9.17) is 28.9 Å². The number of carbonyl (C=O) groups excluding carboxylic acids is 1. The third kappa shape index (κ3) is 3.42. The molecule has 1 atom stereocenters. The third-order valence-corrected chi connectivity index (χ3v) is 3.55. The molecule has 1 fully saturated rings. The van der Waals surface area contributed by atoms with Gasteiger partial charge in [0.2, 0.25) is 0 Å². The first kappa shape index (κ1) is 16.8. The van der Waals surface area contributed by atoms with Crippen LogP contribution in [0.2, 0.25) is 10.0 Å². The van der Waals surface area contributed by atoms with Crippen molar-refractivity contribution >= 4 is 29.3 Å². The summed E-state index contributed by atoms with van der Waals surface area (Å²) in [6, 6.07) is 3.44. The van der Waals surface area contributed by atoms with E-state index >= 15 is 0 Å². The van der Waals surface area contributed by atoms with Gasteiger partial charge in [0.05, 0.1) is 0 Å². The average molecular weight is 352 g/mol. The van der Waals surface area contributed by atoms with Crippen LogP contribution in [0.25, 0.3) is 0 Å². The summed E-state index contributed by atoms with van der Waals surface area (Å²) in [5.41, 5.74) is 1.00. The van der Waals surface area contributed by atoms with Crippen LogP contribution in [0.1, 0.15) is 18.4 Å². The van der Waals surface area contributed by atoms with E-state index < -0.39 is 23.4 Å². The second kappa shape index (κ2) is 5.90. The average Bonchev–Trinajstić information content (AvgIpc) is 3.19. The predicted molar refractivity (Wildman–Crippen MR) is 75.4 cm³/mol. The maximum Gasteiger partial charge on any atom is 0.445 e. The Hall–Kier alpha value is -1.58. The summed E-state index contributed by atoms with van der Waals surface area (Å²) in [5, 5.41) is -0.289. The molecule has 1 saturated carbocycles. The van der Waals surface area contributed by atoms with Crippen LogP contribution in [-0.4, -0.2) is 12.3 Å². The molecule has 1 aliphatic rings.